The van der Waals surface area contributed by atoms with Gasteiger partial charge in [0.25, 0.3) is 0 Å². The molecule has 3 aromatic rings. The van der Waals surface area contributed by atoms with E-state index in [2.05, 4.69) is 19.9 Å². The molecule has 30 heavy (non-hydrogen) atoms. The number of hydrogen-bond donors (Lipinski definition) is 2. The smallest absolute Gasteiger partial charge is 0.229 e. The fourth-order valence-corrected chi connectivity index (χ4v) is 3.86. The minimum absolute atomic E-state index is 0.0417. The molecule has 160 valence electrons. The SMILES string of the molecule is CC(C)(CCc1nc(-c2ccc3nc(N)sc3c2)ncc1F)C(N)=NCC(F)(I)I. The van der Waals surface area contributed by atoms with Gasteiger partial charge in [-0.2, -0.15) is 0 Å². The van der Waals surface area contributed by atoms with Crippen molar-refractivity contribution in [3.63, 3.8) is 0 Å². The van der Waals surface area contributed by atoms with E-state index in [1.54, 1.807) is 45.2 Å². The lowest BCUT2D eigenvalue weighted by molar-refractivity contribution is 0.444. The molecule has 1 aromatic carbocycles. The second-order valence-electron chi connectivity index (χ2n) is 7.42. The second kappa shape index (κ2) is 9.10. The number of nitrogens with zero attached hydrogens (tertiary/aromatic N) is 4. The Balaban J connectivity index is 1.79. The van der Waals surface area contributed by atoms with Gasteiger partial charge in [0.1, 0.15) is 0 Å². The number of amidine groups is 1. The molecular formula is C19H20F2I2N6S. The Morgan fingerprint density at radius 3 is 2.70 bits per heavy atom. The van der Waals surface area contributed by atoms with Gasteiger partial charge in [0, 0.05) is 11.0 Å². The lowest BCUT2D eigenvalue weighted by atomic mass is 9.86. The minimum atomic E-state index is -1.49. The van der Waals surface area contributed by atoms with Crippen molar-refractivity contribution in [2.75, 3.05) is 12.3 Å². The van der Waals surface area contributed by atoms with Crippen LogP contribution < -0.4 is 11.5 Å². The molecule has 0 aliphatic heterocycles. The molecule has 0 saturated carbocycles. The van der Waals surface area contributed by atoms with Crippen LogP contribution in [0.3, 0.4) is 0 Å². The molecule has 0 amide bonds. The van der Waals surface area contributed by atoms with E-state index in [0.717, 1.165) is 15.8 Å². The predicted molar refractivity (Wildman–Crippen MR) is 135 cm³/mol. The fourth-order valence-electron chi connectivity index (χ4n) is 2.75. The first kappa shape index (κ1) is 23.4. The van der Waals surface area contributed by atoms with Gasteiger partial charge in [0.2, 0.25) is 1.68 Å². The molecule has 0 aliphatic rings. The maximum absolute atomic E-state index is 14.4. The Bertz CT molecular complexity index is 1090. The highest BCUT2D eigenvalue weighted by molar-refractivity contribution is 14.2. The summed E-state index contributed by atoms with van der Waals surface area (Å²) >= 11 is 4.71. The van der Waals surface area contributed by atoms with Crippen LogP contribution in [-0.2, 0) is 6.42 Å². The molecule has 2 heterocycles. The molecule has 0 radical (unpaired) electrons. The number of thiazole rings is 1. The maximum Gasteiger partial charge on any atom is 0.229 e. The van der Waals surface area contributed by atoms with Crippen molar-refractivity contribution in [3.05, 3.63) is 35.9 Å². The average molecular weight is 656 g/mol. The highest BCUT2D eigenvalue weighted by Crippen LogP contribution is 2.31. The molecule has 6 nitrogen and oxygen atoms in total. The zero-order chi connectivity index (χ0) is 22.1. The molecule has 0 atom stereocenters. The summed E-state index contributed by atoms with van der Waals surface area (Å²) in [5, 5.41) is 0.486. The predicted octanol–water partition coefficient (Wildman–Crippen LogP) is 5.28. The molecule has 11 heteroatoms. The first-order valence-corrected chi connectivity index (χ1v) is 12.0. The van der Waals surface area contributed by atoms with Crippen LogP contribution in [0.25, 0.3) is 21.6 Å². The van der Waals surface area contributed by atoms with Crippen LogP contribution in [0.5, 0.6) is 0 Å². The standard InChI is InChI=1S/C19H20F2I2N6S/c1-18(2,16(24)27-9-19(21,22)23)6-5-12-11(20)8-26-15(28-12)10-3-4-13-14(7-10)30-17(25)29-13/h3-4,7-8H,5-6,9H2,1-2H3,(H2,24,27)(H2,25,29). The maximum atomic E-state index is 14.4. The number of aromatic nitrogens is 3. The van der Waals surface area contributed by atoms with Crippen LogP contribution in [0.2, 0.25) is 0 Å². The van der Waals surface area contributed by atoms with Gasteiger partial charge in [0.05, 0.1) is 34.5 Å². The largest absolute Gasteiger partial charge is 0.387 e. The molecule has 0 saturated heterocycles. The van der Waals surface area contributed by atoms with E-state index in [0.29, 0.717) is 35.3 Å². The van der Waals surface area contributed by atoms with Crippen LogP contribution in [-0.4, -0.2) is 29.0 Å². The average Bonchev–Trinajstić information content (AvgIpc) is 3.04. The summed E-state index contributed by atoms with van der Waals surface area (Å²) in [4.78, 5) is 17.0. The van der Waals surface area contributed by atoms with Crippen LogP contribution >= 0.6 is 56.5 Å². The van der Waals surface area contributed by atoms with Gasteiger partial charge >= 0.3 is 0 Å². The van der Waals surface area contributed by atoms with Crippen molar-refractivity contribution in [1.29, 1.82) is 0 Å². The Kier molecular flexibility index (Phi) is 7.11. The first-order valence-electron chi connectivity index (χ1n) is 8.99. The fraction of sp³-hybridized carbons (Fsp3) is 0.368. The van der Waals surface area contributed by atoms with Crippen molar-refractivity contribution in [2.24, 2.45) is 16.1 Å². The zero-order valence-corrected chi connectivity index (χ0v) is 21.4. The Morgan fingerprint density at radius 1 is 1.27 bits per heavy atom. The number of nitrogen functional groups attached to an aromatic ring is 1. The summed E-state index contributed by atoms with van der Waals surface area (Å²) in [6.45, 7) is 3.75. The lowest BCUT2D eigenvalue weighted by Gasteiger charge is -2.24. The van der Waals surface area contributed by atoms with Gasteiger partial charge in [-0.05, 0) is 76.2 Å². The second-order valence-corrected chi connectivity index (χ2v) is 14.0. The van der Waals surface area contributed by atoms with Crippen molar-refractivity contribution in [2.45, 2.75) is 28.4 Å². The van der Waals surface area contributed by atoms with Crippen LogP contribution in [0.4, 0.5) is 13.9 Å². The molecule has 0 aliphatic carbocycles. The highest BCUT2D eigenvalue weighted by Gasteiger charge is 2.26. The van der Waals surface area contributed by atoms with Crippen LogP contribution in [0.1, 0.15) is 26.0 Å². The third kappa shape index (κ3) is 5.93. The number of rotatable bonds is 7. The van der Waals surface area contributed by atoms with E-state index in [1.807, 2.05) is 32.0 Å². The van der Waals surface area contributed by atoms with Crippen LogP contribution in [0.15, 0.2) is 29.4 Å². The van der Waals surface area contributed by atoms with Gasteiger partial charge in [0.15, 0.2) is 16.8 Å². The number of anilines is 1. The van der Waals surface area contributed by atoms with E-state index in [1.165, 1.54) is 17.5 Å². The Morgan fingerprint density at radius 2 is 2.00 bits per heavy atom. The summed E-state index contributed by atoms with van der Waals surface area (Å²) in [7, 11) is 0. The summed E-state index contributed by atoms with van der Waals surface area (Å²) in [6.07, 6.45) is 2.02. The van der Waals surface area contributed by atoms with Gasteiger partial charge in [-0.25, -0.2) is 23.7 Å². The van der Waals surface area contributed by atoms with Gasteiger partial charge in [-0.1, -0.05) is 25.2 Å². The Hall–Kier alpha value is -1.22. The number of alkyl halides is 3. The number of benzene rings is 1. The van der Waals surface area contributed by atoms with E-state index >= 15 is 0 Å². The summed E-state index contributed by atoms with van der Waals surface area (Å²) in [5.41, 5.74) is 13.2. The normalized spacial score (nSPS) is 13.2. The minimum Gasteiger partial charge on any atom is -0.387 e. The summed E-state index contributed by atoms with van der Waals surface area (Å²) < 4.78 is 27.5. The van der Waals surface area contributed by atoms with E-state index in [4.69, 9.17) is 11.5 Å². The van der Waals surface area contributed by atoms with Crippen molar-refractivity contribution in [1.82, 2.24) is 15.0 Å². The lowest BCUT2D eigenvalue weighted by Crippen LogP contribution is -2.33. The molecule has 0 bridgehead atoms. The number of hydrogen-bond acceptors (Lipinski definition) is 6. The summed E-state index contributed by atoms with van der Waals surface area (Å²) in [6, 6.07) is 5.58. The zero-order valence-electron chi connectivity index (χ0n) is 16.3. The molecular weight excluding hydrogens is 636 g/mol. The molecule has 2 aromatic heterocycles. The molecule has 0 fully saturated rings. The molecule has 3 rings (SSSR count). The number of fused-ring (bicyclic) bond motifs is 1. The third-order valence-electron chi connectivity index (χ3n) is 4.59. The highest BCUT2D eigenvalue weighted by atomic mass is 127. The van der Waals surface area contributed by atoms with Gasteiger partial charge in [-0.15, -0.1) is 0 Å². The van der Waals surface area contributed by atoms with E-state index in [-0.39, 0.29) is 6.54 Å². The third-order valence-corrected chi connectivity index (χ3v) is 6.12. The van der Waals surface area contributed by atoms with Gasteiger partial charge in [-0.3, -0.25) is 4.99 Å². The molecule has 0 spiro atoms. The number of halogens is 4. The molecule has 0 unspecified atom stereocenters. The summed E-state index contributed by atoms with van der Waals surface area (Å²) in [5.74, 6) is 0.285. The first-order chi connectivity index (χ1) is 13.9. The van der Waals surface area contributed by atoms with Crippen molar-refractivity contribution in [3.8, 4) is 11.4 Å². The number of nitrogens with two attached hydrogens (primary N) is 2. The van der Waals surface area contributed by atoms with E-state index in [9.17, 15) is 8.78 Å². The van der Waals surface area contributed by atoms with Crippen molar-refractivity contribution < 1.29 is 8.78 Å². The van der Waals surface area contributed by atoms with E-state index < -0.39 is 12.9 Å². The topological polar surface area (TPSA) is 103 Å². The molecule has 4 N–H and O–H groups in total. The monoisotopic (exact) mass is 656 g/mol. The number of aliphatic imine (C=N–C) groups is 1. The van der Waals surface area contributed by atoms with Crippen molar-refractivity contribution >= 4 is 77.7 Å². The van der Waals surface area contributed by atoms with Crippen LogP contribution in [0, 0.1) is 11.2 Å². The number of aryl methyl sites for hydroxylation is 1. The quantitative estimate of drug-likeness (QED) is 0.156. The Labute approximate surface area is 204 Å². The van der Waals surface area contributed by atoms with Gasteiger partial charge < -0.3 is 11.5 Å².